The quantitative estimate of drug-likeness (QED) is 0.247. The number of amides is 1. The van der Waals surface area contributed by atoms with Gasteiger partial charge in [-0.25, -0.2) is 5.43 Å². The molecule has 160 valence electrons. The van der Waals surface area contributed by atoms with Gasteiger partial charge < -0.3 is 4.57 Å². The van der Waals surface area contributed by atoms with E-state index in [0.717, 1.165) is 11.4 Å². The van der Waals surface area contributed by atoms with E-state index in [1.165, 1.54) is 29.5 Å². The molecule has 31 heavy (non-hydrogen) atoms. The van der Waals surface area contributed by atoms with E-state index in [4.69, 9.17) is 0 Å². The molecule has 2 aromatic carbocycles. The van der Waals surface area contributed by atoms with Crippen LogP contribution in [0.2, 0.25) is 0 Å². The van der Waals surface area contributed by atoms with Crippen LogP contribution < -0.4 is 5.43 Å². The smallest absolute Gasteiger partial charge is 0.269 e. The monoisotopic (exact) mass is 438 g/mol. The molecule has 10 heteroatoms. The summed E-state index contributed by atoms with van der Waals surface area (Å²) in [7, 11) is 0. The van der Waals surface area contributed by atoms with Gasteiger partial charge in [0, 0.05) is 24.2 Å². The molecule has 0 aliphatic carbocycles. The number of benzene rings is 2. The van der Waals surface area contributed by atoms with Crippen LogP contribution in [0.5, 0.6) is 0 Å². The molecule has 1 heterocycles. The van der Waals surface area contributed by atoms with Crippen molar-refractivity contribution < 1.29 is 9.72 Å². The van der Waals surface area contributed by atoms with E-state index in [0.29, 0.717) is 23.0 Å². The highest BCUT2D eigenvalue weighted by Crippen LogP contribution is 2.24. The fourth-order valence-electron chi connectivity index (χ4n) is 2.79. The van der Waals surface area contributed by atoms with Gasteiger partial charge >= 0.3 is 0 Å². The third kappa shape index (κ3) is 5.54. The Morgan fingerprint density at radius 1 is 1.16 bits per heavy atom. The van der Waals surface area contributed by atoms with Crippen molar-refractivity contribution in [2.45, 2.75) is 32.5 Å². The molecular weight excluding hydrogens is 416 g/mol. The van der Waals surface area contributed by atoms with Crippen molar-refractivity contribution in [3.05, 3.63) is 69.8 Å². The minimum atomic E-state index is -0.464. The number of aromatic nitrogens is 3. The van der Waals surface area contributed by atoms with Gasteiger partial charge in [-0.05, 0) is 38.5 Å². The second-order valence-electron chi connectivity index (χ2n) is 6.74. The number of hydrogen-bond acceptors (Lipinski definition) is 7. The summed E-state index contributed by atoms with van der Waals surface area (Å²) in [6.45, 7) is 6.43. The van der Waals surface area contributed by atoms with Crippen LogP contribution in [0.15, 0.2) is 58.8 Å². The molecule has 9 nitrogen and oxygen atoms in total. The fourth-order valence-corrected chi connectivity index (χ4v) is 3.59. The standard InChI is InChI=1S/C21H22N6O3S/c1-4-26-20(17-7-5-14(2)6-8-17)24-25-21(26)31-13-19(28)23-22-15(3)16-9-11-18(12-10-16)27(29)30/h5-12H,4,13H2,1-3H3,(H,23,28)/b22-15+. The highest BCUT2D eigenvalue weighted by Gasteiger charge is 2.14. The molecule has 0 saturated heterocycles. The number of nitrogens with one attached hydrogen (secondary N) is 1. The molecule has 1 amide bonds. The third-order valence-electron chi connectivity index (χ3n) is 4.52. The lowest BCUT2D eigenvalue weighted by molar-refractivity contribution is -0.384. The molecule has 3 aromatic rings. The summed E-state index contributed by atoms with van der Waals surface area (Å²) in [5.41, 5.74) is 5.88. The maximum Gasteiger partial charge on any atom is 0.269 e. The lowest BCUT2D eigenvalue weighted by Gasteiger charge is -2.07. The molecule has 0 spiro atoms. The number of carbonyl (C=O) groups is 1. The predicted octanol–water partition coefficient (Wildman–Crippen LogP) is 3.81. The van der Waals surface area contributed by atoms with Crippen LogP contribution in [-0.4, -0.2) is 37.1 Å². The first-order valence-electron chi connectivity index (χ1n) is 9.60. The van der Waals surface area contributed by atoms with Crippen LogP contribution in [0, 0.1) is 17.0 Å². The Kier molecular flexibility index (Phi) is 7.14. The van der Waals surface area contributed by atoms with Crippen LogP contribution in [0.25, 0.3) is 11.4 Å². The van der Waals surface area contributed by atoms with Crippen molar-refractivity contribution in [2.75, 3.05) is 5.75 Å². The first-order chi connectivity index (χ1) is 14.9. The van der Waals surface area contributed by atoms with Gasteiger partial charge in [-0.3, -0.25) is 14.9 Å². The van der Waals surface area contributed by atoms with Gasteiger partial charge in [0.25, 0.3) is 11.6 Å². The summed E-state index contributed by atoms with van der Waals surface area (Å²) >= 11 is 1.28. The number of hydrazone groups is 1. The molecule has 1 N–H and O–H groups in total. The first-order valence-corrected chi connectivity index (χ1v) is 10.6. The van der Waals surface area contributed by atoms with E-state index in [1.54, 1.807) is 19.1 Å². The Morgan fingerprint density at radius 2 is 1.84 bits per heavy atom. The van der Waals surface area contributed by atoms with Crippen LogP contribution in [-0.2, 0) is 11.3 Å². The van der Waals surface area contributed by atoms with Crippen molar-refractivity contribution >= 4 is 29.1 Å². The lowest BCUT2D eigenvalue weighted by atomic mass is 10.1. The Hall–Kier alpha value is -3.53. The first kappa shape index (κ1) is 22.2. The molecule has 0 atom stereocenters. The lowest BCUT2D eigenvalue weighted by Crippen LogP contribution is -2.21. The number of aryl methyl sites for hydroxylation is 1. The minimum absolute atomic E-state index is 0.00188. The van der Waals surface area contributed by atoms with E-state index < -0.39 is 4.92 Å². The maximum absolute atomic E-state index is 12.2. The second kappa shape index (κ2) is 9.98. The SMILES string of the molecule is CCn1c(SCC(=O)N/N=C(\C)c2ccc([N+](=O)[O-])cc2)nnc1-c1ccc(C)cc1. The van der Waals surface area contributed by atoms with Crippen LogP contribution >= 0.6 is 11.8 Å². The fraction of sp³-hybridized carbons (Fsp3) is 0.238. The molecule has 0 aliphatic rings. The number of nitro benzene ring substituents is 1. The number of nitrogens with zero attached hydrogens (tertiary/aromatic N) is 5. The zero-order valence-electron chi connectivity index (χ0n) is 17.4. The molecule has 0 aliphatic heterocycles. The van der Waals surface area contributed by atoms with Crippen LogP contribution in [0.3, 0.4) is 0 Å². The maximum atomic E-state index is 12.2. The van der Waals surface area contributed by atoms with Gasteiger partial charge in [0.15, 0.2) is 11.0 Å². The van der Waals surface area contributed by atoms with Gasteiger partial charge in [0.05, 0.1) is 16.4 Å². The van der Waals surface area contributed by atoms with E-state index in [1.807, 2.05) is 42.7 Å². The van der Waals surface area contributed by atoms with Gasteiger partial charge in [0.2, 0.25) is 0 Å². The summed E-state index contributed by atoms with van der Waals surface area (Å²) in [6, 6.07) is 14.0. The number of non-ortho nitro benzene ring substituents is 1. The number of rotatable bonds is 8. The topological polar surface area (TPSA) is 115 Å². The summed E-state index contributed by atoms with van der Waals surface area (Å²) in [6.07, 6.45) is 0. The summed E-state index contributed by atoms with van der Waals surface area (Å²) in [5, 5.41) is 24.0. The van der Waals surface area contributed by atoms with Gasteiger partial charge in [0.1, 0.15) is 0 Å². The molecule has 1 aromatic heterocycles. The minimum Gasteiger partial charge on any atom is -0.302 e. The van der Waals surface area contributed by atoms with Crippen molar-refractivity contribution in [3.63, 3.8) is 0 Å². The zero-order valence-corrected chi connectivity index (χ0v) is 18.2. The predicted molar refractivity (Wildman–Crippen MR) is 120 cm³/mol. The average molecular weight is 439 g/mol. The second-order valence-corrected chi connectivity index (χ2v) is 7.68. The van der Waals surface area contributed by atoms with Crippen molar-refractivity contribution in [1.82, 2.24) is 20.2 Å². The van der Waals surface area contributed by atoms with E-state index in [9.17, 15) is 14.9 Å². The highest BCUT2D eigenvalue weighted by molar-refractivity contribution is 7.99. The van der Waals surface area contributed by atoms with E-state index in [-0.39, 0.29) is 17.3 Å². The summed E-state index contributed by atoms with van der Waals surface area (Å²) in [5.74, 6) is 0.606. The molecule has 0 bridgehead atoms. The summed E-state index contributed by atoms with van der Waals surface area (Å²) < 4.78 is 1.97. The largest absolute Gasteiger partial charge is 0.302 e. The van der Waals surface area contributed by atoms with E-state index in [2.05, 4.69) is 20.7 Å². The Balaban J connectivity index is 1.61. The van der Waals surface area contributed by atoms with Crippen molar-refractivity contribution in [3.8, 4) is 11.4 Å². The van der Waals surface area contributed by atoms with Crippen LogP contribution in [0.4, 0.5) is 5.69 Å². The number of hydrogen-bond donors (Lipinski definition) is 1. The molecular formula is C21H22N6O3S. The molecule has 0 radical (unpaired) electrons. The molecule has 0 fully saturated rings. The number of carbonyl (C=O) groups excluding carboxylic acids is 1. The van der Waals surface area contributed by atoms with Crippen LogP contribution in [0.1, 0.15) is 25.0 Å². The van der Waals surface area contributed by atoms with Gasteiger partial charge in [-0.15, -0.1) is 10.2 Å². The number of nitro groups is 1. The average Bonchev–Trinajstić information content (AvgIpc) is 3.19. The Morgan fingerprint density at radius 3 is 2.45 bits per heavy atom. The van der Waals surface area contributed by atoms with Crippen molar-refractivity contribution in [1.29, 1.82) is 0 Å². The Labute approximate surface area is 183 Å². The summed E-state index contributed by atoms with van der Waals surface area (Å²) in [4.78, 5) is 22.5. The van der Waals surface area contributed by atoms with E-state index >= 15 is 0 Å². The van der Waals surface area contributed by atoms with Gasteiger partial charge in [-0.1, -0.05) is 41.6 Å². The molecule has 0 saturated carbocycles. The Bertz CT molecular complexity index is 1110. The zero-order chi connectivity index (χ0) is 22.4. The third-order valence-corrected chi connectivity index (χ3v) is 5.49. The number of thioether (sulfide) groups is 1. The van der Waals surface area contributed by atoms with Gasteiger partial charge in [-0.2, -0.15) is 5.10 Å². The van der Waals surface area contributed by atoms with Crippen molar-refractivity contribution in [2.24, 2.45) is 5.10 Å². The normalized spacial score (nSPS) is 11.4. The molecule has 0 unspecified atom stereocenters. The molecule has 3 rings (SSSR count). The highest BCUT2D eigenvalue weighted by atomic mass is 32.2.